The molecular formula is C13H14FNO3S. The Morgan fingerprint density at radius 2 is 2.05 bits per heavy atom. The summed E-state index contributed by atoms with van der Waals surface area (Å²) in [6.45, 7) is 0.842. The number of sulfone groups is 1. The van der Waals surface area contributed by atoms with E-state index < -0.39 is 20.9 Å². The number of hydrogen-bond donors (Lipinski definition) is 0. The van der Waals surface area contributed by atoms with Crippen LogP contribution in [0, 0.1) is 17.1 Å². The van der Waals surface area contributed by atoms with Gasteiger partial charge in [0.15, 0.2) is 9.84 Å². The van der Waals surface area contributed by atoms with Crippen molar-refractivity contribution in [3.63, 3.8) is 0 Å². The summed E-state index contributed by atoms with van der Waals surface area (Å²) in [4.78, 5) is 0. The molecule has 0 N–H and O–H groups in total. The van der Waals surface area contributed by atoms with Crippen molar-refractivity contribution < 1.29 is 17.5 Å². The summed E-state index contributed by atoms with van der Waals surface area (Å²) in [7, 11) is -3.41. The number of nitriles is 1. The van der Waals surface area contributed by atoms with Gasteiger partial charge in [0.05, 0.1) is 22.6 Å². The lowest BCUT2D eigenvalue weighted by molar-refractivity contribution is 0.0983. The predicted molar refractivity (Wildman–Crippen MR) is 67.6 cm³/mol. The molecular weight excluding hydrogens is 269 g/mol. The monoisotopic (exact) mass is 283 g/mol. The fraction of sp³-hybridized carbons (Fsp3) is 0.462. The van der Waals surface area contributed by atoms with Gasteiger partial charge in [-0.25, -0.2) is 12.8 Å². The molecule has 1 fully saturated rings. The zero-order chi connectivity index (χ0) is 13.9. The maximum atomic E-state index is 13.6. The number of ether oxygens (including phenoxy) is 1. The Kier molecular flexibility index (Phi) is 4.17. The molecule has 19 heavy (non-hydrogen) atoms. The third-order valence-electron chi connectivity index (χ3n) is 3.21. The third-order valence-corrected chi connectivity index (χ3v) is 5.41. The minimum absolute atomic E-state index is 0.0607. The first-order valence-corrected chi connectivity index (χ1v) is 7.72. The fourth-order valence-corrected chi connectivity index (χ4v) is 3.93. The molecule has 1 aliphatic heterocycles. The smallest absolute Gasteiger partial charge is 0.157 e. The molecule has 0 saturated carbocycles. The van der Waals surface area contributed by atoms with Gasteiger partial charge in [0, 0.05) is 18.8 Å². The van der Waals surface area contributed by atoms with E-state index in [9.17, 15) is 12.8 Å². The van der Waals surface area contributed by atoms with Crippen molar-refractivity contribution in [3.8, 4) is 6.07 Å². The van der Waals surface area contributed by atoms with Crippen molar-refractivity contribution in [1.29, 1.82) is 5.26 Å². The normalized spacial score (nSPS) is 17.1. The van der Waals surface area contributed by atoms with Gasteiger partial charge < -0.3 is 4.74 Å². The average molecular weight is 283 g/mol. The van der Waals surface area contributed by atoms with Crippen LogP contribution in [0.5, 0.6) is 0 Å². The van der Waals surface area contributed by atoms with Crippen molar-refractivity contribution in [2.45, 2.75) is 23.8 Å². The summed E-state index contributed by atoms with van der Waals surface area (Å²) >= 11 is 0. The van der Waals surface area contributed by atoms with E-state index >= 15 is 0 Å². The molecule has 1 saturated heterocycles. The first-order valence-electron chi connectivity index (χ1n) is 6.01. The highest BCUT2D eigenvalue weighted by molar-refractivity contribution is 7.91. The molecule has 6 heteroatoms. The average Bonchev–Trinajstić information content (AvgIpc) is 2.42. The van der Waals surface area contributed by atoms with Crippen LogP contribution < -0.4 is 0 Å². The van der Waals surface area contributed by atoms with E-state index in [1.54, 1.807) is 0 Å². The van der Waals surface area contributed by atoms with Crippen molar-refractivity contribution in [2.24, 2.45) is 0 Å². The van der Waals surface area contributed by atoms with Crippen LogP contribution in [0.1, 0.15) is 24.0 Å². The maximum Gasteiger partial charge on any atom is 0.157 e. The van der Waals surface area contributed by atoms with Gasteiger partial charge in [-0.15, -0.1) is 0 Å². The molecule has 1 aliphatic rings. The minimum Gasteiger partial charge on any atom is -0.381 e. The van der Waals surface area contributed by atoms with Crippen LogP contribution in [0.2, 0.25) is 0 Å². The molecule has 0 unspecified atom stereocenters. The van der Waals surface area contributed by atoms with E-state index in [0.717, 1.165) is 6.07 Å². The number of hydrogen-bond acceptors (Lipinski definition) is 4. The zero-order valence-corrected chi connectivity index (χ0v) is 11.1. The molecule has 0 atom stereocenters. The highest BCUT2D eigenvalue weighted by Gasteiger charge is 2.28. The van der Waals surface area contributed by atoms with E-state index in [4.69, 9.17) is 10.00 Å². The van der Waals surface area contributed by atoms with Crippen LogP contribution in [0.4, 0.5) is 4.39 Å². The summed E-state index contributed by atoms with van der Waals surface area (Å²) in [5.74, 6) is -0.950. The fourth-order valence-electron chi connectivity index (χ4n) is 2.12. The molecule has 2 rings (SSSR count). The standard InChI is InChI=1S/C13H14FNO3S/c14-13-2-1-10(8-15)7-11(13)9-19(16,17)12-3-5-18-6-4-12/h1-2,7,12H,3-6,9H2. The lowest BCUT2D eigenvalue weighted by Gasteiger charge is -2.22. The van der Waals surface area contributed by atoms with Gasteiger partial charge in [0.2, 0.25) is 0 Å². The van der Waals surface area contributed by atoms with Gasteiger partial charge >= 0.3 is 0 Å². The second-order valence-corrected chi connectivity index (χ2v) is 6.82. The summed E-state index contributed by atoms with van der Waals surface area (Å²) in [6.07, 6.45) is 0.893. The van der Waals surface area contributed by atoms with Crippen LogP contribution in [0.3, 0.4) is 0 Å². The topological polar surface area (TPSA) is 67.2 Å². The zero-order valence-electron chi connectivity index (χ0n) is 10.3. The predicted octanol–water partition coefficient (Wildman–Crippen LogP) is 1.79. The molecule has 4 nitrogen and oxygen atoms in total. The van der Waals surface area contributed by atoms with Crippen LogP contribution >= 0.6 is 0 Å². The van der Waals surface area contributed by atoms with Crippen LogP contribution in [0.15, 0.2) is 18.2 Å². The van der Waals surface area contributed by atoms with Gasteiger partial charge in [-0.05, 0) is 31.0 Å². The maximum absolute atomic E-state index is 13.6. The number of benzene rings is 1. The highest BCUT2D eigenvalue weighted by Crippen LogP contribution is 2.22. The molecule has 0 amide bonds. The summed E-state index contributed by atoms with van der Waals surface area (Å²) < 4.78 is 43.1. The van der Waals surface area contributed by atoms with Crippen LogP contribution in [-0.2, 0) is 20.3 Å². The van der Waals surface area contributed by atoms with Gasteiger partial charge in [0.25, 0.3) is 0 Å². The lowest BCUT2D eigenvalue weighted by atomic mass is 10.1. The van der Waals surface area contributed by atoms with E-state index in [2.05, 4.69) is 0 Å². The highest BCUT2D eigenvalue weighted by atomic mass is 32.2. The van der Waals surface area contributed by atoms with E-state index in [-0.39, 0.29) is 16.9 Å². The Labute approximate surface area is 111 Å². The van der Waals surface area contributed by atoms with Crippen molar-refractivity contribution in [3.05, 3.63) is 35.1 Å². The first-order chi connectivity index (χ1) is 9.03. The Balaban J connectivity index is 2.22. The molecule has 0 aromatic heterocycles. The second kappa shape index (κ2) is 5.68. The number of nitrogens with zero attached hydrogens (tertiary/aromatic N) is 1. The van der Waals surface area contributed by atoms with Crippen LogP contribution in [0.25, 0.3) is 0 Å². The quantitative estimate of drug-likeness (QED) is 0.848. The van der Waals surface area contributed by atoms with Crippen LogP contribution in [-0.4, -0.2) is 26.9 Å². The largest absolute Gasteiger partial charge is 0.381 e. The van der Waals surface area contributed by atoms with Gasteiger partial charge in [-0.1, -0.05) is 0 Å². The SMILES string of the molecule is N#Cc1ccc(F)c(CS(=O)(=O)C2CCOCC2)c1. The molecule has 0 bridgehead atoms. The molecule has 0 spiro atoms. The number of halogens is 1. The first kappa shape index (κ1) is 14.0. The molecule has 0 radical (unpaired) electrons. The lowest BCUT2D eigenvalue weighted by Crippen LogP contribution is -2.30. The van der Waals surface area contributed by atoms with E-state index in [1.807, 2.05) is 6.07 Å². The third kappa shape index (κ3) is 3.31. The van der Waals surface area contributed by atoms with Crippen molar-refractivity contribution >= 4 is 9.84 Å². The molecule has 0 aliphatic carbocycles. The second-order valence-electron chi connectivity index (χ2n) is 4.54. The van der Waals surface area contributed by atoms with E-state index in [1.165, 1.54) is 12.1 Å². The molecule has 102 valence electrons. The Morgan fingerprint density at radius 3 is 2.68 bits per heavy atom. The summed E-state index contributed by atoms with van der Waals surface area (Å²) in [5.41, 5.74) is 0.323. The van der Waals surface area contributed by atoms with Crippen molar-refractivity contribution in [2.75, 3.05) is 13.2 Å². The van der Waals surface area contributed by atoms with Gasteiger partial charge in [-0.3, -0.25) is 0 Å². The van der Waals surface area contributed by atoms with Gasteiger partial charge in [0.1, 0.15) is 5.82 Å². The molecule has 1 heterocycles. The number of rotatable bonds is 3. The van der Waals surface area contributed by atoms with Crippen molar-refractivity contribution in [1.82, 2.24) is 0 Å². The Morgan fingerprint density at radius 1 is 1.37 bits per heavy atom. The Hall–Kier alpha value is -1.45. The molecule has 1 aromatic carbocycles. The van der Waals surface area contributed by atoms with Gasteiger partial charge in [-0.2, -0.15) is 5.26 Å². The van der Waals surface area contributed by atoms with E-state index in [0.29, 0.717) is 26.1 Å². The minimum atomic E-state index is -3.41. The summed E-state index contributed by atoms with van der Waals surface area (Å²) in [5, 5.41) is 8.28. The summed E-state index contributed by atoms with van der Waals surface area (Å²) in [6, 6.07) is 5.64. The molecule has 1 aromatic rings. The Bertz CT molecular complexity index is 601.